The number of benzene rings is 2. The van der Waals surface area contributed by atoms with Crippen LogP contribution >= 0.6 is 0 Å². The zero-order chi connectivity index (χ0) is 16.0. The van der Waals surface area contributed by atoms with Gasteiger partial charge in [-0.3, -0.25) is 0 Å². The van der Waals surface area contributed by atoms with Gasteiger partial charge in [0.05, 0.1) is 17.7 Å². The molecule has 1 fully saturated rings. The number of carbonyl (C=O) groups is 1. The van der Waals surface area contributed by atoms with Crippen LogP contribution in [0.2, 0.25) is 0 Å². The normalized spacial score (nSPS) is 14.3. The van der Waals surface area contributed by atoms with E-state index >= 15 is 0 Å². The van der Waals surface area contributed by atoms with Crippen LogP contribution in [-0.4, -0.2) is 17.6 Å². The molecule has 1 aromatic heterocycles. The first kappa shape index (κ1) is 14.1. The average molecular weight is 309 g/mol. The first-order valence-corrected chi connectivity index (χ1v) is 7.88. The molecule has 1 saturated carbocycles. The zero-order valence-electron chi connectivity index (χ0n) is 12.8. The Morgan fingerprint density at radius 1 is 1.26 bits per heavy atom. The topological polar surface area (TPSA) is 39.2 Å². The summed E-state index contributed by atoms with van der Waals surface area (Å²) >= 11 is 0. The number of para-hydroxylation sites is 1. The molecule has 0 saturated heterocycles. The SMILES string of the molecule is CCOC(=O)c1ccc(F)c2nc3ccccc3c(C3CC3)c12. The van der Waals surface area contributed by atoms with E-state index in [2.05, 4.69) is 4.98 Å². The fraction of sp³-hybridized carbons (Fsp3) is 0.263. The molecule has 0 bridgehead atoms. The number of pyridine rings is 1. The van der Waals surface area contributed by atoms with E-state index in [1.807, 2.05) is 24.3 Å². The Hall–Kier alpha value is -2.49. The number of hydrogen-bond donors (Lipinski definition) is 0. The number of fused-ring (bicyclic) bond motifs is 2. The van der Waals surface area contributed by atoms with Gasteiger partial charge in [-0.05, 0) is 49.4 Å². The van der Waals surface area contributed by atoms with Crippen molar-refractivity contribution in [3.05, 3.63) is 53.3 Å². The van der Waals surface area contributed by atoms with E-state index < -0.39 is 11.8 Å². The molecular formula is C19H16FNO2. The van der Waals surface area contributed by atoms with Crippen molar-refractivity contribution in [2.45, 2.75) is 25.7 Å². The molecule has 116 valence electrons. The summed E-state index contributed by atoms with van der Waals surface area (Å²) < 4.78 is 19.5. The van der Waals surface area contributed by atoms with Gasteiger partial charge in [-0.15, -0.1) is 0 Å². The van der Waals surface area contributed by atoms with Crippen LogP contribution in [0.5, 0.6) is 0 Å². The number of aromatic nitrogens is 1. The van der Waals surface area contributed by atoms with E-state index in [4.69, 9.17) is 4.74 Å². The first-order valence-electron chi connectivity index (χ1n) is 7.88. The van der Waals surface area contributed by atoms with E-state index in [0.29, 0.717) is 16.9 Å². The minimum Gasteiger partial charge on any atom is -0.462 e. The van der Waals surface area contributed by atoms with Gasteiger partial charge in [0, 0.05) is 10.8 Å². The molecule has 3 aromatic rings. The lowest BCUT2D eigenvalue weighted by atomic mass is 9.95. The molecule has 4 heteroatoms. The van der Waals surface area contributed by atoms with Crippen LogP contribution in [0.15, 0.2) is 36.4 Å². The number of carbonyl (C=O) groups excluding carboxylic acids is 1. The van der Waals surface area contributed by atoms with Gasteiger partial charge in [-0.2, -0.15) is 0 Å². The Kier molecular flexibility index (Phi) is 3.26. The molecule has 1 heterocycles. The third kappa shape index (κ3) is 2.25. The zero-order valence-corrected chi connectivity index (χ0v) is 12.8. The second-order valence-corrected chi connectivity index (χ2v) is 5.86. The highest BCUT2D eigenvalue weighted by molar-refractivity contribution is 6.09. The summed E-state index contributed by atoms with van der Waals surface area (Å²) in [5.41, 5.74) is 2.47. The summed E-state index contributed by atoms with van der Waals surface area (Å²) in [6.07, 6.45) is 2.11. The van der Waals surface area contributed by atoms with E-state index in [1.165, 1.54) is 12.1 Å². The minimum atomic E-state index is -0.420. The Bertz CT molecular complexity index is 931. The molecule has 0 N–H and O–H groups in total. The monoisotopic (exact) mass is 309 g/mol. The van der Waals surface area contributed by atoms with Crippen molar-refractivity contribution in [2.75, 3.05) is 6.61 Å². The molecule has 1 aliphatic rings. The Balaban J connectivity index is 2.14. The number of rotatable bonds is 3. The molecule has 0 radical (unpaired) electrons. The van der Waals surface area contributed by atoms with Crippen LogP contribution in [-0.2, 0) is 4.74 Å². The number of ether oxygens (including phenoxy) is 1. The lowest BCUT2D eigenvalue weighted by Crippen LogP contribution is -2.08. The molecule has 2 aromatic carbocycles. The molecule has 3 nitrogen and oxygen atoms in total. The van der Waals surface area contributed by atoms with E-state index in [1.54, 1.807) is 6.92 Å². The van der Waals surface area contributed by atoms with Gasteiger partial charge in [-0.1, -0.05) is 18.2 Å². The maximum absolute atomic E-state index is 14.4. The molecule has 0 aliphatic heterocycles. The van der Waals surface area contributed by atoms with Crippen LogP contribution in [0.1, 0.15) is 41.6 Å². The van der Waals surface area contributed by atoms with Crippen LogP contribution in [0, 0.1) is 5.82 Å². The number of esters is 1. The first-order chi connectivity index (χ1) is 11.2. The largest absolute Gasteiger partial charge is 0.462 e. The van der Waals surface area contributed by atoms with Crippen molar-refractivity contribution in [1.82, 2.24) is 4.98 Å². The van der Waals surface area contributed by atoms with Crippen molar-refractivity contribution in [3.8, 4) is 0 Å². The minimum absolute atomic E-state index is 0.260. The smallest absolute Gasteiger partial charge is 0.338 e. The van der Waals surface area contributed by atoms with E-state index in [-0.39, 0.29) is 12.1 Å². The van der Waals surface area contributed by atoms with Crippen LogP contribution in [0.25, 0.3) is 21.8 Å². The highest BCUT2D eigenvalue weighted by Crippen LogP contribution is 2.47. The van der Waals surface area contributed by atoms with Crippen LogP contribution in [0.3, 0.4) is 0 Å². The predicted molar refractivity (Wildman–Crippen MR) is 87.1 cm³/mol. The quantitative estimate of drug-likeness (QED) is 0.525. The van der Waals surface area contributed by atoms with Gasteiger partial charge < -0.3 is 4.74 Å². The number of nitrogens with zero attached hydrogens (tertiary/aromatic N) is 1. The fourth-order valence-corrected chi connectivity index (χ4v) is 3.18. The second kappa shape index (κ2) is 5.30. The lowest BCUT2D eigenvalue weighted by molar-refractivity contribution is 0.0528. The van der Waals surface area contributed by atoms with Gasteiger partial charge in [-0.25, -0.2) is 14.2 Å². The highest BCUT2D eigenvalue weighted by atomic mass is 19.1. The number of halogens is 1. The average Bonchev–Trinajstić information content (AvgIpc) is 3.38. The van der Waals surface area contributed by atoms with Gasteiger partial charge in [0.25, 0.3) is 0 Å². The summed E-state index contributed by atoms with van der Waals surface area (Å²) in [6, 6.07) is 10.5. The van der Waals surface area contributed by atoms with Gasteiger partial charge in [0.15, 0.2) is 0 Å². The molecule has 0 spiro atoms. The third-order valence-electron chi connectivity index (χ3n) is 4.31. The standard InChI is InChI=1S/C19H16FNO2/c1-2-23-19(22)13-9-10-14(20)18-17(13)16(11-7-8-11)12-5-3-4-6-15(12)21-18/h3-6,9-11H,2,7-8H2,1H3. The summed E-state index contributed by atoms with van der Waals surface area (Å²) in [5.74, 6) is -0.461. The van der Waals surface area contributed by atoms with Crippen molar-refractivity contribution in [2.24, 2.45) is 0 Å². The van der Waals surface area contributed by atoms with Crippen molar-refractivity contribution in [3.63, 3.8) is 0 Å². The Morgan fingerprint density at radius 3 is 2.78 bits per heavy atom. The predicted octanol–water partition coefficient (Wildman–Crippen LogP) is 4.58. The molecular weight excluding hydrogens is 293 g/mol. The van der Waals surface area contributed by atoms with Gasteiger partial charge >= 0.3 is 5.97 Å². The third-order valence-corrected chi connectivity index (χ3v) is 4.31. The van der Waals surface area contributed by atoms with Crippen molar-refractivity contribution < 1.29 is 13.9 Å². The number of hydrogen-bond acceptors (Lipinski definition) is 3. The van der Waals surface area contributed by atoms with Crippen molar-refractivity contribution in [1.29, 1.82) is 0 Å². The van der Waals surface area contributed by atoms with Gasteiger partial charge in [0.2, 0.25) is 0 Å². The molecule has 23 heavy (non-hydrogen) atoms. The summed E-state index contributed by atoms with van der Waals surface area (Å²) in [6.45, 7) is 2.05. The summed E-state index contributed by atoms with van der Waals surface area (Å²) in [7, 11) is 0. The Labute approximate surface area is 133 Å². The van der Waals surface area contributed by atoms with Crippen LogP contribution < -0.4 is 0 Å². The Morgan fingerprint density at radius 2 is 2.04 bits per heavy atom. The molecule has 0 amide bonds. The van der Waals surface area contributed by atoms with E-state index in [9.17, 15) is 9.18 Å². The lowest BCUT2D eigenvalue weighted by Gasteiger charge is -2.14. The van der Waals surface area contributed by atoms with E-state index in [0.717, 1.165) is 29.3 Å². The van der Waals surface area contributed by atoms with Crippen LogP contribution in [0.4, 0.5) is 4.39 Å². The maximum Gasteiger partial charge on any atom is 0.338 e. The molecule has 1 aliphatic carbocycles. The van der Waals surface area contributed by atoms with Crippen molar-refractivity contribution >= 4 is 27.8 Å². The summed E-state index contributed by atoms with van der Waals surface area (Å²) in [4.78, 5) is 16.8. The van der Waals surface area contributed by atoms with Gasteiger partial charge in [0.1, 0.15) is 11.3 Å². The molecule has 0 atom stereocenters. The highest BCUT2D eigenvalue weighted by Gasteiger charge is 2.30. The fourth-order valence-electron chi connectivity index (χ4n) is 3.18. The molecule has 0 unspecified atom stereocenters. The molecule has 4 rings (SSSR count). The maximum atomic E-state index is 14.4. The second-order valence-electron chi connectivity index (χ2n) is 5.86. The summed E-state index contributed by atoms with van der Waals surface area (Å²) in [5, 5.41) is 1.61.